The van der Waals surface area contributed by atoms with Gasteiger partial charge in [0.2, 0.25) is 5.91 Å². The third-order valence-corrected chi connectivity index (χ3v) is 3.73. The molecule has 2 aromatic rings. The molecular weight excluding hydrogens is 276 g/mol. The molecular formula is C17H24N4O. The fraction of sp³-hybridized carbons (Fsp3) is 0.412. The first-order valence-corrected chi connectivity index (χ1v) is 7.51. The number of likely N-dealkylation sites (N-methyl/N-ethyl adjacent to an activating group) is 1. The van der Waals surface area contributed by atoms with Gasteiger partial charge in [0.05, 0.1) is 12.4 Å². The summed E-state index contributed by atoms with van der Waals surface area (Å²) in [6, 6.07) is 8.63. The molecule has 0 aliphatic carbocycles. The number of imidazole rings is 1. The Hall–Kier alpha value is -2.14. The number of aromatic nitrogens is 2. The quantitative estimate of drug-likeness (QED) is 0.851. The first-order chi connectivity index (χ1) is 10.6. The van der Waals surface area contributed by atoms with Gasteiger partial charge in [0.15, 0.2) is 0 Å². The highest BCUT2D eigenvalue weighted by Crippen LogP contribution is 2.17. The van der Waals surface area contributed by atoms with E-state index in [0.29, 0.717) is 19.5 Å². The number of benzene rings is 1. The van der Waals surface area contributed by atoms with Gasteiger partial charge in [0.1, 0.15) is 0 Å². The predicted molar refractivity (Wildman–Crippen MR) is 87.5 cm³/mol. The maximum absolute atomic E-state index is 12.0. The van der Waals surface area contributed by atoms with Crippen LogP contribution in [0.4, 0.5) is 0 Å². The lowest BCUT2D eigenvalue weighted by Crippen LogP contribution is -2.34. The molecule has 0 unspecified atom stereocenters. The molecule has 2 rings (SSSR count). The van der Waals surface area contributed by atoms with Crippen molar-refractivity contribution < 1.29 is 4.79 Å². The van der Waals surface area contributed by atoms with Gasteiger partial charge in [-0.1, -0.05) is 29.8 Å². The lowest BCUT2D eigenvalue weighted by Gasteiger charge is -2.25. The zero-order chi connectivity index (χ0) is 15.9. The highest BCUT2D eigenvalue weighted by molar-refractivity contribution is 5.75. The number of hydrogen-bond acceptors (Lipinski definition) is 3. The molecule has 1 heterocycles. The first kappa shape index (κ1) is 16.2. The van der Waals surface area contributed by atoms with Crippen molar-refractivity contribution in [2.24, 2.45) is 0 Å². The molecule has 22 heavy (non-hydrogen) atoms. The SMILES string of the molecule is Cc1ccc([C@H](CNC(=O)CCn2ccnc2)N(C)C)cc1. The summed E-state index contributed by atoms with van der Waals surface area (Å²) in [5.74, 6) is 0.0626. The van der Waals surface area contributed by atoms with E-state index in [4.69, 9.17) is 0 Å². The minimum atomic E-state index is 0.0626. The molecule has 1 aromatic heterocycles. The number of carbonyl (C=O) groups is 1. The largest absolute Gasteiger partial charge is 0.354 e. The molecule has 0 aliphatic rings. The van der Waals surface area contributed by atoms with Crippen molar-refractivity contribution >= 4 is 5.91 Å². The second kappa shape index (κ2) is 7.75. The van der Waals surface area contributed by atoms with Crippen molar-refractivity contribution in [1.82, 2.24) is 19.8 Å². The summed E-state index contributed by atoms with van der Waals surface area (Å²) in [5.41, 5.74) is 2.45. The Balaban J connectivity index is 1.86. The molecule has 0 saturated heterocycles. The van der Waals surface area contributed by atoms with Gasteiger partial charge in [-0.3, -0.25) is 4.79 Å². The van der Waals surface area contributed by atoms with E-state index >= 15 is 0 Å². The summed E-state index contributed by atoms with van der Waals surface area (Å²) in [6.45, 7) is 3.34. The smallest absolute Gasteiger partial charge is 0.221 e. The van der Waals surface area contributed by atoms with E-state index in [-0.39, 0.29) is 11.9 Å². The molecule has 0 aliphatic heterocycles. The van der Waals surface area contributed by atoms with Gasteiger partial charge in [0.25, 0.3) is 0 Å². The third kappa shape index (κ3) is 4.70. The van der Waals surface area contributed by atoms with Gasteiger partial charge >= 0.3 is 0 Å². The zero-order valence-corrected chi connectivity index (χ0v) is 13.5. The van der Waals surface area contributed by atoms with Gasteiger partial charge in [-0.25, -0.2) is 4.98 Å². The van der Waals surface area contributed by atoms with Crippen molar-refractivity contribution in [3.05, 3.63) is 54.1 Å². The van der Waals surface area contributed by atoms with Crippen LogP contribution in [0.1, 0.15) is 23.6 Å². The second-order valence-corrected chi connectivity index (χ2v) is 5.74. The Morgan fingerprint density at radius 1 is 1.32 bits per heavy atom. The monoisotopic (exact) mass is 300 g/mol. The maximum Gasteiger partial charge on any atom is 0.221 e. The highest BCUT2D eigenvalue weighted by Gasteiger charge is 2.15. The van der Waals surface area contributed by atoms with E-state index in [1.165, 1.54) is 11.1 Å². The highest BCUT2D eigenvalue weighted by atomic mass is 16.1. The van der Waals surface area contributed by atoms with Crippen LogP contribution < -0.4 is 5.32 Å². The van der Waals surface area contributed by atoms with Crippen LogP contribution in [0.5, 0.6) is 0 Å². The van der Waals surface area contributed by atoms with E-state index in [0.717, 1.165) is 0 Å². The minimum Gasteiger partial charge on any atom is -0.354 e. The average Bonchev–Trinajstić information content (AvgIpc) is 3.00. The first-order valence-electron chi connectivity index (χ1n) is 7.51. The molecule has 0 spiro atoms. The summed E-state index contributed by atoms with van der Waals surface area (Å²) in [7, 11) is 4.06. The van der Waals surface area contributed by atoms with Crippen LogP contribution in [0.2, 0.25) is 0 Å². The molecule has 0 fully saturated rings. The number of nitrogens with one attached hydrogen (secondary N) is 1. The van der Waals surface area contributed by atoms with Crippen LogP contribution in [0.3, 0.4) is 0 Å². The number of rotatable bonds is 7. The van der Waals surface area contributed by atoms with Crippen LogP contribution in [-0.2, 0) is 11.3 Å². The van der Waals surface area contributed by atoms with Crippen molar-refractivity contribution in [3.63, 3.8) is 0 Å². The van der Waals surface area contributed by atoms with Crippen molar-refractivity contribution in [1.29, 1.82) is 0 Å². The van der Waals surface area contributed by atoms with E-state index < -0.39 is 0 Å². The molecule has 1 N–H and O–H groups in total. The Labute approximate surface area is 132 Å². The van der Waals surface area contributed by atoms with Gasteiger partial charge in [0, 0.05) is 31.9 Å². The fourth-order valence-electron chi connectivity index (χ4n) is 2.34. The topological polar surface area (TPSA) is 50.2 Å². The Morgan fingerprint density at radius 2 is 2.05 bits per heavy atom. The molecule has 0 radical (unpaired) electrons. The number of carbonyl (C=O) groups excluding carboxylic acids is 1. The molecule has 118 valence electrons. The molecule has 1 aromatic carbocycles. The second-order valence-electron chi connectivity index (χ2n) is 5.74. The number of amides is 1. The molecule has 0 bridgehead atoms. The van der Waals surface area contributed by atoms with Crippen LogP contribution >= 0.6 is 0 Å². The van der Waals surface area contributed by atoms with Gasteiger partial charge < -0.3 is 14.8 Å². The Morgan fingerprint density at radius 3 is 2.64 bits per heavy atom. The van der Waals surface area contributed by atoms with Crippen molar-refractivity contribution in [2.45, 2.75) is 25.9 Å². The standard InChI is InChI=1S/C17H24N4O/c1-14-4-6-15(7-5-14)16(20(2)3)12-19-17(22)8-10-21-11-9-18-13-21/h4-7,9,11,13,16H,8,10,12H2,1-3H3,(H,19,22)/t16-/m0/s1. The predicted octanol–water partition coefficient (Wildman–Crippen LogP) is 2.00. The molecule has 1 amide bonds. The molecule has 1 atom stereocenters. The van der Waals surface area contributed by atoms with E-state index in [1.807, 2.05) is 24.9 Å². The number of aryl methyl sites for hydroxylation is 2. The summed E-state index contributed by atoms with van der Waals surface area (Å²) in [4.78, 5) is 18.1. The van der Waals surface area contributed by atoms with Gasteiger partial charge in [-0.15, -0.1) is 0 Å². The van der Waals surface area contributed by atoms with Gasteiger partial charge in [-0.2, -0.15) is 0 Å². The van der Waals surface area contributed by atoms with Crippen LogP contribution in [-0.4, -0.2) is 41.0 Å². The van der Waals surface area contributed by atoms with E-state index in [2.05, 4.69) is 46.4 Å². The molecule has 5 heteroatoms. The van der Waals surface area contributed by atoms with Crippen LogP contribution in [0.15, 0.2) is 43.0 Å². The minimum absolute atomic E-state index is 0.0626. The lowest BCUT2D eigenvalue weighted by molar-refractivity contribution is -0.121. The van der Waals surface area contributed by atoms with Crippen LogP contribution in [0.25, 0.3) is 0 Å². The van der Waals surface area contributed by atoms with E-state index in [1.54, 1.807) is 12.5 Å². The molecule has 5 nitrogen and oxygen atoms in total. The summed E-state index contributed by atoms with van der Waals surface area (Å²) >= 11 is 0. The van der Waals surface area contributed by atoms with Gasteiger partial charge in [-0.05, 0) is 26.6 Å². The average molecular weight is 300 g/mol. The summed E-state index contributed by atoms with van der Waals surface area (Å²) in [5, 5.41) is 3.03. The Bertz CT molecular complexity index is 575. The van der Waals surface area contributed by atoms with Crippen molar-refractivity contribution in [2.75, 3.05) is 20.6 Å². The summed E-state index contributed by atoms with van der Waals surface area (Å²) in [6.07, 6.45) is 5.77. The number of nitrogens with zero attached hydrogens (tertiary/aromatic N) is 3. The summed E-state index contributed by atoms with van der Waals surface area (Å²) < 4.78 is 1.91. The molecule has 0 saturated carbocycles. The number of hydrogen-bond donors (Lipinski definition) is 1. The van der Waals surface area contributed by atoms with Crippen LogP contribution in [0, 0.1) is 6.92 Å². The normalized spacial score (nSPS) is 12.4. The Kier molecular flexibility index (Phi) is 5.72. The maximum atomic E-state index is 12.0. The van der Waals surface area contributed by atoms with Crippen molar-refractivity contribution in [3.8, 4) is 0 Å². The lowest BCUT2D eigenvalue weighted by atomic mass is 10.0. The zero-order valence-electron chi connectivity index (χ0n) is 13.5. The van der Waals surface area contributed by atoms with E-state index in [9.17, 15) is 4.79 Å². The third-order valence-electron chi connectivity index (χ3n) is 3.73. The fourth-order valence-corrected chi connectivity index (χ4v) is 2.34.